The molecular weight excluding hydrogens is 452 g/mol. The molecule has 5 rings (SSSR count). The maximum absolute atomic E-state index is 13.0. The number of benzene rings is 1. The van der Waals surface area contributed by atoms with Crippen LogP contribution < -0.4 is 10.5 Å². The van der Waals surface area contributed by atoms with Crippen LogP contribution in [0.5, 0.6) is 5.75 Å². The predicted molar refractivity (Wildman–Crippen MR) is 128 cm³/mol. The monoisotopic (exact) mass is 482 g/mol. The van der Waals surface area contributed by atoms with Crippen LogP contribution in [-0.2, 0) is 4.79 Å². The average molecular weight is 483 g/mol. The maximum atomic E-state index is 13.0. The Balaban J connectivity index is 1.72. The minimum absolute atomic E-state index is 0.101. The number of hydrogen-bond acceptors (Lipinski definition) is 8. The van der Waals surface area contributed by atoms with Gasteiger partial charge in [-0.25, -0.2) is 9.97 Å². The molecule has 0 unspecified atom stereocenters. The highest BCUT2D eigenvalue weighted by Gasteiger charge is 2.32. The zero-order valence-corrected chi connectivity index (χ0v) is 20.0. The lowest BCUT2D eigenvalue weighted by Crippen LogP contribution is -2.47. The second kappa shape index (κ2) is 10.3. The quantitative estimate of drug-likeness (QED) is 0.481. The molecule has 0 radical (unpaired) electrons. The number of nitro groups is 1. The number of amides is 2. The minimum atomic E-state index is -0.639. The van der Waals surface area contributed by atoms with E-state index >= 15 is 0 Å². The molecule has 3 aliphatic rings. The van der Waals surface area contributed by atoms with E-state index in [9.17, 15) is 19.7 Å². The first-order chi connectivity index (χ1) is 16.7. The third-order valence-electron chi connectivity index (χ3n) is 6.50. The van der Waals surface area contributed by atoms with Crippen LogP contribution in [0.4, 0.5) is 5.69 Å². The molecule has 1 aromatic heterocycles. The number of ether oxygens (including phenoxy) is 1. The molecule has 2 N–H and O–H groups in total. The molecule has 1 fully saturated rings. The van der Waals surface area contributed by atoms with Gasteiger partial charge in [0, 0.05) is 37.5 Å². The van der Waals surface area contributed by atoms with Gasteiger partial charge in [0.1, 0.15) is 12.3 Å². The lowest BCUT2D eigenvalue weighted by Gasteiger charge is -2.27. The highest BCUT2D eigenvalue weighted by atomic mass is 16.6. The van der Waals surface area contributed by atoms with Crippen molar-refractivity contribution in [3.05, 3.63) is 45.8 Å². The highest BCUT2D eigenvalue weighted by molar-refractivity contribution is 5.92. The molecule has 11 nitrogen and oxygen atoms in total. The molecule has 3 aliphatic heterocycles. The zero-order valence-electron chi connectivity index (χ0n) is 20.0. The molecular formula is C24H30N6O5. The van der Waals surface area contributed by atoms with Crippen molar-refractivity contribution >= 4 is 17.5 Å². The summed E-state index contributed by atoms with van der Waals surface area (Å²) in [5.41, 5.74) is 7.16. The molecule has 35 heavy (non-hydrogen) atoms. The van der Waals surface area contributed by atoms with Gasteiger partial charge in [0.25, 0.3) is 5.91 Å². The van der Waals surface area contributed by atoms with Crippen LogP contribution in [0, 0.1) is 17.0 Å². The van der Waals surface area contributed by atoms with Crippen molar-refractivity contribution in [2.45, 2.75) is 51.1 Å². The number of aryl methyl sites for hydroxylation is 1. The topological polar surface area (TPSA) is 145 Å². The average Bonchev–Trinajstić information content (AvgIpc) is 3.31. The molecule has 0 spiro atoms. The molecule has 0 aliphatic carbocycles. The summed E-state index contributed by atoms with van der Waals surface area (Å²) < 4.78 is 5.85. The molecule has 4 bridgehead atoms. The van der Waals surface area contributed by atoms with Gasteiger partial charge in [-0.2, -0.15) is 0 Å². The predicted octanol–water partition coefficient (Wildman–Crippen LogP) is 2.31. The van der Waals surface area contributed by atoms with E-state index in [1.54, 1.807) is 35.9 Å². The van der Waals surface area contributed by atoms with Crippen LogP contribution in [0.2, 0.25) is 0 Å². The summed E-state index contributed by atoms with van der Waals surface area (Å²) in [6.07, 6.45) is 3.47. The summed E-state index contributed by atoms with van der Waals surface area (Å²) in [6, 6.07) is 5.26. The number of fused-ring (bicyclic) bond motifs is 10. The molecule has 11 heteroatoms. The van der Waals surface area contributed by atoms with Gasteiger partial charge in [-0.05, 0) is 57.2 Å². The first kappa shape index (κ1) is 24.5. The standard InChI is InChI=1S/C24H30N6O5/c1-15-12-19-24(32)28(2)10-4-3-7-18(25)23(31)29-11-5-6-17(29)14-35-21-9-8-16(22(26-15)27-19)13-20(21)30(33)34/h8-9,12-13,17-18H,3-7,10-11,14,25H2,1-2H3/t17-,18-/m0/s1. The van der Waals surface area contributed by atoms with Crippen LogP contribution in [-0.4, -0.2) is 75.3 Å². The zero-order chi connectivity index (χ0) is 25.1. The van der Waals surface area contributed by atoms with Gasteiger partial charge in [-0.1, -0.05) is 0 Å². The minimum Gasteiger partial charge on any atom is -0.485 e. The number of carbonyl (C=O) groups excluding carboxylic acids is 2. The molecule has 1 saturated heterocycles. The molecule has 2 amide bonds. The first-order valence-electron chi connectivity index (χ1n) is 11.8. The van der Waals surface area contributed by atoms with E-state index < -0.39 is 11.0 Å². The van der Waals surface area contributed by atoms with E-state index in [4.69, 9.17) is 10.5 Å². The maximum Gasteiger partial charge on any atom is 0.311 e. The van der Waals surface area contributed by atoms with Crippen molar-refractivity contribution in [1.82, 2.24) is 19.8 Å². The van der Waals surface area contributed by atoms with Gasteiger partial charge in [0.2, 0.25) is 5.91 Å². The van der Waals surface area contributed by atoms with Gasteiger partial charge < -0.3 is 20.3 Å². The third-order valence-corrected chi connectivity index (χ3v) is 6.50. The number of aromatic nitrogens is 2. The summed E-state index contributed by atoms with van der Waals surface area (Å²) in [5.74, 6) is -0.0775. The number of rotatable bonds is 1. The normalized spacial score (nSPS) is 21.7. The van der Waals surface area contributed by atoms with Crippen LogP contribution in [0.1, 0.15) is 48.3 Å². The Bertz CT molecular complexity index is 1140. The second-order valence-electron chi connectivity index (χ2n) is 9.13. The third kappa shape index (κ3) is 5.40. The molecule has 0 saturated carbocycles. The molecule has 2 atom stereocenters. The second-order valence-corrected chi connectivity index (χ2v) is 9.13. The van der Waals surface area contributed by atoms with Gasteiger partial charge in [-0.3, -0.25) is 19.7 Å². The fraction of sp³-hybridized carbons (Fsp3) is 0.500. The van der Waals surface area contributed by atoms with Crippen LogP contribution in [0.25, 0.3) is 11.4 Å². The summed E-state index contributed by atoms with van der Waals surface area (Å²) in [4.78, 5) is 49.4. The van der Waals surface area contributed by atoms with Crippen molar-refractivity contribution < 1.29 is 19.2 Å². The summed E-state index contributed by atoms with van der Waals surface area (Å²) >= 11 is 0. The van der Waals surface area contributed by atoms with Crippen LogP contribution in [0.3, 0.4) is 0 Å². The SMILES string of the molecule is Cc1cc2nc(n1)-c1ccc(c([N+](=O)[O-])c1)OC[C@@H]1CCCN1C(=O)[C@@H](N)CCCCN(C)C2=O. The summed E-state index contributed by atoms with van der Waals surface area (Å²) in [6.45, 7) is 2.96. The lowest BCUT2D eigenvalue weighted by atomic mass is 10.1. The molecule has 4 heterocycles. The number of carbonyl (C=O) groups is 2. The Kier molecular flexibility index (Phi) is 7.25. The van der Waals surface area contributed by atoms with Crippen LogP contribution in [0.15, 0.2) is 24.3 Å². The highest BCUT2D eigenvalue weighted by Crippen LogP contribution is 2.32. The summed E-state index contributed by atoms with van der Waals surface area (Å²) in [5, 5.41) is 11.8. The van der Waals surface area contributed by atoms with Crippen molar-refractivity contribution in [2.75, 3.05) is 26.7 Å². The van der Waals surface area contributed by atoms with Gasteiger partial charge >= 0.3 is 5.69 Å². The van der Waals surface area contributed by atoms with Crippen LogP contribution >= 0.6 is 0 Å². The largest absolute Gasteiger partial charge is 0.485 e. The van der Waals surface area contributed by atoms with Gasteiger partial charge in [-0.15, -0.1) is 0 Å². The van der Waals surface area contributed by atoms with Gasteiger partial charge in [0.15, 0.2) is 11.6 Å². The number of hydrogen-bond donors (Lipinski definition) is 1. The van der Waals surface area contributed by atoms with Gasteiger partial charge in [0.05, 0.1) is 17.0 Å². The van der Waals surface area contributed by atoms with Crippen molar-refractivity contribution in [3.8, 4) is 17.1 Å². The van der Waals surface area contributed by atoms with E-state index in [2.05, 4.69) is 9.97 Å². The number of nitrogens with zero attached hydrogens (tertiary/aromatic N) is 5. The Labute approximate surface area is 203 Å². The smallest absolute Gasteiger partial charge is 0.311 e. The fourth-order valence-corrected chi connectivity index (χ4v) is 4.56. The van der Waals surface area contributed by atoms with Crippen molar-refractivity contribution in [3.63, 3.8) is 0 Å². The number of nitrogens with two attached hydrogens (primary N) is 1. The van der Waals surface area contributed by atoms with E-state index in [1.807, 2.05) is 0 Å². The molecule has 1 aromatic carbocycles. The van der Waals surface area contributed by atoms with E-state index in [1.165, 1.54) is 12.1 Å². The first-order valence-corrected chi connectivity index (χ1v) is 11.8. The summed E-state index contributed by atoms with van der Waals surface area (Å²) in [7, 11) is 1.69. The van der Waals surface area contributed by atoms with Crippen molar-refractivity contribution in [2.24, 2.45) is 5.73 Å². The Morgan fingerprint density at radius 3 is 2.69 bits per heavy atom. The Morgan fingerprint density at radius 1 is 1.11 bits per heavy atom. The molecule has 186 valence electrons. The van der Waals surface area contributed by atoms with E-state index in [-0.39, 0.29) is 47.4 Å². The van der Waals surface area contributed by atoms with E-state index in [0.717, 1.165) is 12.8 Å². The Hall–Kier alpha value is -3.60. The van der Waals surface area contributed by atoms with Crippen molar-refractivity contribution in [1.29, 1.82) is 0 Å². The number of nitro benzene ring substituents is 1. The lowest BCUT2D eigenvalue weighted by molar-refractivity contribution is -0.385. The molecule has 2 aromatic rings. The fourth-order valence-electron chi connectivity index (χ4n) is 4.56. The van der Waals surface area contributed by atoms with E-state index in [0.29, 0.717) is 43.6 Å². The Morgan fingerprint density at radius 2 is 1.91 bits per heavy atom.